The number of nitrogens with zero attached hydrogens (tertiary/aromatic N) is 1. The van der Waals surface area contributed by atoms with Crippen molar-refractivity contribution in [1.82, 2.24) is 4.90 Å². The van der Waals surface area contributed by atoms with E-state index in [1.54, 1.807) is 6.07 Å². The molecule has 3 rings (SSSR count). The molecule has 1 aromatic rings. The zero-order valence-electron chi connectivity index (χ0n) is 11.7. The molecule has 0 spiro atoms. The van der Waals surface area contributed by atoms with Gasteiger partial charge in [-0.1, -0.05) is 18.9 Å². The van der Waals surface area contributed by atoms with E-state index in [0.29, 0.717) is 18.2 Å². The highest BCUT2D eigenvalue weighted by Crippen LogP contribution is 2.40. The Balaban J connectivity index is 1.86. The summed E-state index contributed by atoms with van der Waals surface area (Å²) in [5.41, 5.74) is 6.45. The molecular weight excluding hydrogens is 258 g/mol. The standard InChI is InChI=1S/C16H22F2N2/c17-12-5-6-13(14(18)9-12)16(10-19)20-8-7-11-3-1-2-4-15(11)20/h5-6,9,11,15-16H,1-4,7-8,10,19H2. The third kappa shape index (κ3) is 2.47. The van der Waals surface area contributed by atoms with E-state index in [1.165, 1.54) is 38.2 Å². The molecule has 1 saturated carbocycles. The minimum absolute atomic E-state index is 0.122. The monoisotopic (exact) mass is 280 g/mol. The van der Waals surface area contributed by atoms with Gasteiger partial charge in [-0.25, -0.2) is 8.78 Å². The Labute approximate surface area is 118 Å². The molecule has 2 nitrogen and oxygen atoms in total. The lowest BCUT2D eigenvalue weighted by molar-refractivity contribution is 0.133. The number of halogens is 2. The van der Waals surface area contributed by atoms with Gasteiger partial charge in [-0.2, -0.15) is 0 Å². The minimum Gasteiger partial charge on any atom is -0.329 e. The van der Waals surface area contributed by atoms with Gasteiger partial charge in [-0.3, -0.25) is 4.90 Å². The summed E-state index contributed by atoms with van der Waals surface area (Å²) in [6.45, 7) is 1.36. The van der Waals surface area contributed by atoms with E-state index < -0.39 is 11.6 Å². The van der Waals surface area contributed by atoms with Crippen LogP contribution in [0.25, 0.3) is 0 Å². The highest BCUT2D eigenvalue weighted by molar-refractivity contribution is 5.23. The van der Waals surface area contributed by atoms with Gasteiger partial charge in [0.1, 0.15) is 11.6 Å². The first-order valence-corrected chi connectivity index (χ1v) is 7.61. The topological polar surface area (TPSA) is 29.3 Å². The van der Waals surface area contributed by atoms with E-state index in [1.807, 2.05) is 0 Å². The Morgan fingerprint density at radius 1 is 1.20 bits per heavy atom. The van der Waals surface area contributed by atoms with Crippen LogP contribution in [0.4, 0.5) is 8.78 Å². The molecule has 1 aromatic carbocycles. The summed E-state index contributed by atoms with van der Waals surface area (Å²) in [7, 11) is 0. The molecule has 2 fully saturated rings. The van der Waals surface area contributed by atoms with E-state index >= 15 is 0 Å². The predicted octanol–water partition coefficient (Wildman–Crippen LogP) is 3.23. The van der Waals surface area contributed by atoms with Crippen molar-refractivity contribution in [2.24, 2.45) is 11.7 Å². The number of rotatable bonds is 3. The molecule has 1 saturated heterocycles. The van der Waals surface area contributed by atoms with Crippen molar-refractivity contribution in [3.63, 3.8) is 0 Å². The lowest BCUT2D eigenvalue weighted by Crippen LogP contribution is -2.40. The van der Waals surface area contributed by atoms with E-state index in [2.05, 4.69) is 4.90 Å². The Morgan fingerprint density at radius 3 is 2.75 bits per heavy atom. The van der Waals surface area contributed by atoms with Crippen LogP contribution in [0.15, 0.2) is 18.2 Å². The van der Waals surface area contributed by atoms with Gasteiger partial charge in [0.2, 0.25) is 0 Å². The van der Waals surface area contributed by atoms with E-state index in [0.717, 1.165) is 18.5 Å². The molecule has 0 radical (unpaired) electrons. The van der Waals surface area contributed by atoms with Crippen molar-refractivity contribution in [3.05, 3.63) is 35.4 Å². The number of hydrogen-bond acceptors (Lipinski definition) is 2. The molecule has 1 heterocycles. The van der Waals surface area contributed by atoms with Crippen molar-refractivity contribution >= 4 is 0 Å². The quantitative estimate of drug-likeness (QED) is 0.921. The van der Waals surface area contributed by atoms with Gasteiger partial charge in [0, 0.05) is 24.2 Å². The average Bonchev–Trinajstić information content (AvgIpc) is 2.86. The lowest BCUT2D eigenvalue weighted by Gasteiger charge is -2.37. The zero-order chi connectivity index (χ0) is 14.1. The summed E-state index contributed by atoms with van der Waals surface area (Å²) in [5.74, 6) is -0.264. The van der Waals surface area contributed by atoms with Gasteiger partial charge in [-0.15, -0.1) is 0 Å². The van der Waals surface area contributed by atoms with Crippen molar-refractivity contribution in [3.8, 4) is 0 Å². The smallest absolute Gasteiger partial charge is 0.130 e. The van der Waals surface area contributed by atoms with Crippen LogP contribution in [-0.4, -0.2) is 24.0 Å². The summed E-state index contributed by atoms with van der Waals surface area (Å²) >= 11 is 0. The summed E-state index contributed by atoms with van der Waals surface area (Å²) < 4.78 is 27.1. The second-order valence-electron chi connectivity index (χ2n) is 6.06. The Kier molecular flexibility index (Phi) is 4.03. The number of benzene rings is 1. The third-order valence-electron chi connectivity index (χ3n) is 5.00. The fourth-order valence-electron chi connectivity index (χ4n) is 4.04. The molecule has 3 unspecified atom stereocenters. The van der Waals surface area contributed by atoms with Gasteiger partial charge in [-0.05, 0) is 37.8 Å². The first-order chi connectivity index (χ1) is 9.70. The van der Waals surface area contributed by atoms with Crippen molar-refractivity contribution in [2.45, 2.75) is 44.2 Å². The second-order valence-corrected chi connectivity index (χ2v) is 6.06. The van der Waals surface area contributed by atoms with Crippen molar-refractivity contribution < 1.29 is 8.78 Å². The summed E-state index contributed by atoms with van der Waals surface area (Å²) in [5, 5.41) is 0. The Hall–Kier alpha value is -1.00. The lowest BCUT2D eigenvalue weighted by atomic mass is 9.84. The Morgan fingerprint density at radius 2 is 2.00 bits per heavy atom. The van der Waals surface area contributed by atoms with Crippen LogP contribution in [0.2, 0.25) is 0 Å². The molecule has 3 atom stereocenters. The third-order valence-corrected chi connectivity index (χ3v) is 5.00. The number of fused-ring (bicyclic) bond motifs is 1. The molecule has 2 N–H and O–H groups in total. The first-order valence-electron chi connectivity index (χ1n) is 7.61. The molecule has 20 heavy (non-hydrogen) atoms. The van der Waals surface area contributed by atoms with E-state index in [-0.39, 0.29) is 6.04 Å². The first kappa shape index (κ1) is 14.0. The van der Waals surface area contributed by atoms with E-state index in [4.69, 9.17) is 5.73 Å². The molecular formula is C16H22F2N2. The van der Waals surface area contributed by atoms with Crippen LogP contribution in [0, 0.1) is 17.6 Å². The molecule has 0 amide bonds. The maximum absolute atomic E-state index is 14.0. The fourth-order valence-corrected chi connectivity index (χ4v) is 4.04. The van der Waals surface area contributed by atoms with Gasteiger partial charge < -0.3 is 5.73 Å². The average molecular weight is 280 g/mol. The minimum atomic E-state index is -0.529. The maximum Gasteiger partial charge on any atom is 0.130 e. The summed E-state index contributed by atoms with van der Waals surface area (Å²) in [6, 6.07) is 4.26. The zero-order valence-corrected chi connectivity index (χ0v) is 11.7. The molecule has 1 aliphatic heterocycles. The van der Waals surface area contributed by atoms with Crippen LogP contribution < -0.4 is 5.73 Å². The summed E-state index contributed by atoms with van der Waals surface area (Å²) in [6.07, 6.45) is 6.21. The molecule has 0 aromatic heterocycles. The highest BCUT2D eigenvalue weighted by atomic mass is 19.1. The highest BCUT2D eigenvalue weighted by Gasteiger charge is 2.39. The van der Waals surface area contributed by atoms with Gasteiger partial charge in [0.15, 0.2) is 0 Å². The van der Waals surface area contributed by atoms with Gasteiger partial charge >= 0.3 is 0 Å². The number of likely N-dealkylation sites (tertiary alicyclic amines) is 1. The SMILES string of the molecule is NCC(c1ccc(F)cc1F)N1CCC2CCCCC21. The predicted molar refractivity (Wildman–Crippen MR) is 75.2 cm³/mol. The van der Waals surface area contributed by atoms with Crippen LogP contribution >= 0.6 is 0 Å². The van der Waals surface area contributed by atoms with Gasteiger partial charge in [0.25, 0.3) is 0 Å². The molecule has 110 valence electrons. The van der Waals surface area contributed by atoms with Crippen LogP contribution in [-0.2, 0) is 0 Å². The largest absolute Gasteiger partial charge is 0.329 e. The maximum atomic E-state index is 14.0. The molecule has 0 bridgehead atoms. The normalized spacial score (nSPS) is 28.4. The number of hydrogen-bond donors (Lipinski definition) is 1. The number of nitrogens with two attached hydrogens (primary N) is 1. The van der Waals surface area contributed by atoms with Crippen molar-refractivity contribution in [2.75, 3.05) is 13.1 Å². The Bertz CT molecular complexity index is 478. The molecule has 4 heteroatoms. The van der Waals surface area contributed by atoms with Crippen LogP contribution in [0.5, 0.6) is 0 Å². The van der Waals surface area contributed by atoms with Crippen LogP contribution in [0.3, 0.4) is 0 Å². The van der Waals surface area contributed by atoms with Gasteiger partial charge in [0.05, 0.1) is 6.04 Å². The molecule has 1 aliphatic carbocycles. The summed E-state index contributed by atoms with van der Waals surface area (Å²) in [4.78, 5) is 2.36. The van der Waals surface area contributed by atoms with E-state index in [9.17, 15) is 8.78 Å². The van der Waals surface area contributed by atoms with Crippen LogP contribution in [0.1, 0.15) is 43.7 Å². The molecule has 2 aliphatic rings. The van der Waals surface area contributed by atoms with Crippen molar-refractivity contribution in [1.29, 1.82) is 0 Å². The fraction of sp³-hybridized carbons (Fsp3) is 0.625. The second kappa shape index (κ2) is 5.78.